The van der Waals surface area contributed by atoms with Crippen molar-refractivity contribution in [1.82, 2.24) is 0 Å². The van der Waals surface area contributed by atoms with Gasteiger partial charge in [-0.05, 0) is 48.1 Å². The molecule has 1 aliphatic heterocycles. The number of fused-ring (bicyclic) bond motifs is 2. The molecule has 3 nitrogen and oxygen atoms in total. The van der Waals surface area contributed by atoms with E-state index in [0.29, 0.717) is 19.3 Å². The van der Waals surface area contributed by atoms with Gasteiger partial charge in [-0.1, -0.05) is 24.3 Å². The fourth-order valence-electron chi connectivity index (χ4n) is 3.90. The molecule has 24 heavy (non-hydrogen) atoms. The molecule has 1 fully saturated rings. The molecule has 4 rings (SSSR count). The van der Waals surface area contributed by atoms with E-state index in [1.807, 2.05) is 30.3 Å². The molecule has 2 aromatic carbocycles. The van der Waals surface area contributed by atoms with Gasteiger partial charge in [-0.25, -0.2) is 4.39 Å². The molecule has 2 aromatic rings. The van der Waals surface area contributed by atoms with Crippen molar-refractivity contribution < 1.29 is 9.18 Å². The Morgan fingerprint density at radius 1 is 1.25 bits per heavy atom. The molecule has 0 saturated heterocycles. The van der Waals surface area contributed by atoms with Crippen LogP contribution in [0.5, 0.6) is 0 Å². The van der Waals surface area contributed by atoms with Crippen LogP contribution in [0, 0.1) is 17.1 Å². The summed E-state index contributed by atoms with van der Waals surface area (Å²) in [4.78, 5) is 17.2. The van der Waals surface area contributed by atoms with Crippen LogP contribution in [0.1, 0.15) is 41.9 Å². The average molecular weight is 318 g/mol. The Morgan fingerprint density at radius 3 is 2.92 bits per heavy atom. The van der Waals surface area contributed by atoms with Crippen LogP contribution in [-0.4, -0.2) is 12.0 Å². The molecule has 2 atom stereocenters. The van der Waals surface area contributed by atoms with Gasteiger partial charge in [0.1, 0.15) is 17.7 Å². The summed E-state index contributed by atoms with van der Waals surface area (Å²) in [6, 6.07) is 14.3. The predicted octanol–water partition coefficient (Wildman–Crippen LogP) is 4.19. The third-order valence-corrected chi connectivity index (χ3v) is 5.18. The topological polar surface area (TPSA) is 53.2 Å². The number of carbonyl (C=O) groups is 1. The van der Waals surface area contributed by atoms with Crippen molar-refractivity contribution in [3.05, 3.63) is 65.0 Å². The molecular weight excluding hydrogens is 303 g/mol. The molecule has 0 amide bonds. The van der Waals surface area contributed by atoms with Gasteiger partial charge >= 0.3 is 0 Å². The van der Waals surface area contributed by atoms with E-state index in [1.54, 1.807) is 18.3 Å². The van der Waals surface area contributed by atoms with Crippen LogP contribution < -0.4 is 0 Å². The molecule has 0 aromatic heterocycles. The first-order valence-corrected chi connectivity index (χ1v) is 8.01. The Kier molecular flexibility index (Phi) is 3.31. The lowest BCUT2D eigenvalue weighted by atomic mass is 9.65. The number of carbonyl (C=O) groups excluding carboxylic acids is 1. The number of hydrogen-bond acceptors (Lipinski definition) is 3. The van der Waals surface area contributed by atoms with Crippen molar-refractivity contribution >= 4 is 17.7 Å². The average Bonchev–Trinajstić information content (AvgIpc) is 2.98. The SMILES string of the molecule is N#Cc1cc(C2CCC(=O)C3(C=Nc4ccccc43)C2)ccc1F. The highest BCUT2D eigenvalue weighted by Gasteiger charge is 2.47. The van der Waals surface area contributed by atoms with E-state index in [0.717, 1.165) is 16.8 Å². The number of ketones is 1. The molecule has 0 N–H and O–H groups in total. The number of halogens is 1. The monoisotopic (exact) mass is 318 g/mol. The van der Waals surface area contributed by atoms with Crippen molar-refractivity contribution in [2.24, 2.45) is 4.99 Å². The Balaban J connectivity index is 1.74. The van der Waals surface area contributed by atoms with E-state index in [1.165, 1.54) is 6.07 Å². The Bertz CT molecular complexity index is 912. The molecule has 1 aliphatic carbocycles. The molecule has 0 radical (unpaired) electrons. The van der Waals surface area contributed by atoms with Crippen molar-refractivity contribution in [3.8, 4) is 6.07 Å². The Morgan fingerprint density at radius 2 is 2.08 bits per heavy atom. The smallest absolute Gasteiger partial charge is 0.148 e. The highest BCUT2D eigenvalue weighted by molar-refractivity contribution is 6.10. The zero-order chi connectivity index (χ0) is 16.7. The third-order valence-electron chi connectivity index (χ3n) is 5.18. The van der Waals surface area contributed by atoms with Crippen molar-refractivity contribution in [3.63, 3.8) is 0 Å². The van der Waals surface area contributed by atoms with Crippen LogP contribution in [0.3, 0.4) is 0 Å². The number of hydrogen-bond donors (Lipinski definition) is 0. The molecule has 1 heterocycles. The number of rotatable bonds is 1. The maximum Gasteiger partial charge on any atom is 0.148 e. The lowest BCUT2D eigenvalue weighted by Crippen LogP contribution is -2.41. The summed E-state index contributed by atoms with van der Waals surface area (Å²) in [7, 11) is 0. The minimum atomic E-state index is -0.680. The first-order valence-electron chi connectivity index (χ1n) is 8.01. The number of benzene rings is 2. The lowest BCUT2D eigenvalue weighted by molar-refractivity contribution is -0.124. The molecule has 1 saturated carbocycles. The van der Waals surface area contributed by atoms with Crippen LogP contribution in [0.15, 0.2) is 47.5 Å². The summed E-state index contributed by atoms with van der Waals surface area (Å²) in [5, 5.41) is 9.05. The van der Waals surface area contributed by atoms with Gasteiger partial charge < -0.3 is 0 Å². The lowest BCUT2D eigenvalue weighted by Gasteiger charge is -2.35. The van der Waals surface area contributed by atoms with E-state index in [2.05, 4.69) is 4.99 Å². The molecule has 4 heteroatoms. The highest BCUT2D eigenvalue weighted by atomic mass is 19.1. The second-order valence-electron chi connectivity index (χ2n) is 6.46. The van der Waals surface area contributed by atoms with Gasteiger partial charge in [-0.2, -0.15) is 5.26 Å². The quantitative estimate of drug-likeness (QED) is 0.791. The number of nitrogens with zero attached hydrogens (tertiary/aromatic N) is 2. The fourth-order valence-corrected chi connectivity index (χ4v) is 3.90. The van der Waals surface area contributed by atoms with Crippen molar-refractivity contribution in [2.75, 3.05) is 0 Å². The van der Waals surface area contributed by atoms with E-state index in [4.69, 9.17) is 5.26 Å². The largest absolute Gasteiger partial charge is 0.298 e. The van der Waals surface area contributed by atoms with Crippen LogP contribution >= 0.6 is 0 Å². The predicted molar refractivity (Wildman–Crippen MR) is 89.0 cm³/mol. The number of nitriles is 1. The minimum absolute atomic E-state index is 0.0546. The van der Waals surface area contributed by atoms with E-state index in [-0.39, 0.29) is 17.3 Å². The standard InChI is InChI=1S/C20H15FN2O/c21-17-7-5-13(9-15(17)11-22)14-6-8-19(24)20(10-14)12-23-18-4-2-1-3-16(18)20/h1-5,7,9,12,14H,6,8,10H2. The maximum absolute atomic E-state index is 13.6. The van der Waals surface area contributed by atoms with Crippen molar-refractivity contribution in [2.45, 2.75) is 30.6 Å². The van der Waals surface area contributed by atoms with E-state index < -0.39 is 11.2 Å². The van der Waals surface area contributed by atoms with Crippen LogP contribution in [0.2, 0.25) is 0 Å². The summed E-state index contributed by atoms with van der Waals surface area (Å²) in [6.45, 7) is 0. The molecule has 2 aliphatic rings. The van der Waals surface area contributed by atoms with Gasteiger partial charge in [0.2, 0.25) is 0 Å². The second kappa shape index (κ2) is 5.38. The number of para-hydroxylation sites is 1. The molecule has 0 bridgehead atoms. The fraction of sp³-hybridized carbons (Fsp3) is 0.250. The van der Waals surface area contributed by atoms with Crippen LogP contribution in [0.4, 0.5) is 10.1 Å². The summed E-state index contributed by atoms with van der Waals surface area (Å²) in [6.07, 6.45) is 3.57. The van der Waals surface area contributed by atoms with Crippen LogP contribution in [-0.2, 0) is 10.2 Å². The summed E-state index contributed by atoms with van der Waals surface area (Å²) >= 11 is 0. The van der Waals surface area contributed by atoms with Gasteiger partial charge in [-0.15, -0.1) is 0 Å². The van der Waals surface area contributed by atoms with Gasteiger partial charge in [0, 0.05) is 12.6 Å². The Labute approximate surface area is 139 Å². The van der Waals surface area contributed by atoms with Gasteiger partial charge in [0.15, 0.2) is 0 Å². The van der Waals surface area contributed by atoms with E-state index >= 15 is 0 Å². The van der Waals surface area contributed by atoms with Crippen molar-refractivity contribution in [1.29, 1.82) is 5.26 Å². The minimum Gasteiger partial charge on any atom is -0.298 e. The summed E-state index contributed by atoms with van der Waals surface area (Å²) < 4.78 is 13.6. The molecule has 1 spiro atoms. The molecule has 118 valence electrons. The van der Waals surface area contributed by atoms with Gasteiger partial charge in [0.25, 0.3) is 0 Å². The van der Waals surface area contributed by atoms with Crippen LogP contribution in [0.25, 0.3) is 0 Å². The number of Topliss-reactive ketones (excluding diaryl/α,β-unsaturated/α-hetero) is 1. The second-order valence-corrected chi connectivity index (χ2v) is 6.46. The third kappa shape index (κ3) is 2.09. The Hall–Kier alpha value is -2.80. The first kappa shape index (κ1) is 14.8. The van der Waals surface area contributed by atoms with Gasteiger partial charge in [-0.3, -0.25) is 9.79 Å². The normalized spacial score (nSPS) is 24.8. The first-order chi connectivity index (χ1) is 11.6. The van der Waals surface area contributed by atoms with Gasteiger partial charge in [0.05, 0.1) is 16.7 Å². The molecular formula is C20H15FN2O. The number of aliphatic imine (C=N–C) groups is 1. The summed E-state index contributed by atoms with van der Waals surface area (Å²) in [5.74, 6) is -0.210. The zero-order valence-corrected chi connectivity index (χ0v) is 13.0. The highest BCUT2D eigenvalue weighted by Crippen LogP contribution is 2.48. The zero-order valence-electron chi connectivity index (χ0n) is 13.0. The maximum atomic E-state index is 13.6. The summed E-state index contributed by atoms with van der Waals surface area (Å²) in [5.41, 5.74) is 2.10. The molecule has 2 unspecified atom stereocenters. The van der Waals surface area contributed by atoms with E-state index in [9.17, 15) is 9.18 Å².